The third-order valence-corrected chi connectivity index (χ3v) is 2.81. The molecule has 0 heterocycles. The van der Waals surface area contributed by atoms with Crippen LogP contribution in [0, 0.1) is 0 Å². The molecule has 0 unspecified atom stereocenters. The molecule has 0 saturated carbocycles. The number of nitrogens with one attached hydrogen (secondary N) is 2. The van der Waals surface area contributed by atoms with Crippen LogP contribution in [0.2, 0.25) is 0 Å². The van der Waals surface area contributed by atoms with Crippen LogP contribution in [0.25, 0.3) is 0 Å². The summed E-state index contributed by atoms with van der Waals surface area (Å²) >= 11 is 0. The van der Waals surface area contributed by atoms with Crippen molar-refractivity contribution in [2.24, 2.45) is 0 Å². The number of aliphatic hydroxyl groups is 1. The van der Waals surface area contributed by atoms with Crippen LogP contribution in [0.5, 0.6) is 0 Å². The molecule has 0 aliphatic carbocycles. The van der Waals surface area contributed by atoms with Crippen LogP contribution in [0.1, 0.15) is 24.8 Å². The lowest BCUT2D eigenvalue weighted by molar-refractivity contribution is 0.292. The molecule has 3 N–H and O–H groups in total. The Morgan fingerprint density at radius 3 is 2.47 bits per heavy atom. The average molecular weight is 236 g/mol. The maximum Gasteiger partial charge on any atom is 0.0555 e. The number of aliphatic hydroxyl groups excluding tert-OH is 1. The maximum atomic E-state index is 8.59. The van der Waals surface area contributed by atoms with E-state index in [-0.39, 0.29) is 6.61 Å². The third-order valence-electron chi connectivity index (χ3n) is 2.81. The van der Waals surface area contributed by atoms with Gasteiger partial charge in [-0.1, -0.05) is 37.3 Å². The predicted octanol–water partition coefficient (Wildman–Crippen LogP) is 1.35. The Morgan fingerprint density at radius 1 is 1.06 bits per heavy atom. The lowest BCUT2D eigenvalue weighted by Gasteiger charge is -2.13. The summed E-state index contributed by atoms with van der Waals surface area (Å²) in [4.78, 5) is 0. The van der Waals surface area contributed by atoms with Crippen LogP contribution >= 0.6 is 0 Å². The molecule has 1 atom stereocenters. The van der Waals surface area contributed by atoms with Gasteiger partial charge in [-0.2, -0.15) is 0 Å². The van der Waals surface area contributed by atoms with Crippen molar-refractivity contribution in [3.63, 3.8) is 0 Å². The molecule has 0 radical (unpaired) electrons. The zero-order valence-corrected chi connectivity index (χ0v) is 10.7. The van der Waals surface area contributed by atoms with Gasteiger partial charge >= 0.3 is 0 Å². The van der Waals surface area contributed by atoms with Crippen molar-refractivity contribution in [1.29, 1.82) is 0 Å². The van der Waals surface area contributed by atoms with Crippen molar-refractivity contribution >= 4 is 0 Å². The molecule has 0 amide bonds. The van der Waals surface area contributed by atoms with E-state index < -0.39 is 0 Å². The standard InChI is InChI=1S/C14H24N2O/c1-13(14-6-3-2-4-7-14)12-16-9-5-8-15-10-11-17/h2-4,6-7,13,15-17H,5,8-12H2,1H3/t13-/m1/s1. The largest absolute Gasteiger partial charge is 0.395 e. The SMILES string of the molecule is C[C@H](CNCCCNCCO)c1ccccc1. The minimum Gasteiger partial charge on any atom is -0.395 e. The summed E-state index contributed by atoms with van der Waals surface area (Å²) in [7, 11) is 0. The molecule has 0 spiro atoms. The van der Waals surface area contributed by atoms with E-state index in [9.17, 15) is 0 Å². The summed E-state index contributed by atoms with van der Waals surface area (Å²) in [5, 5.41) is 15.2. The van der Waals surface area contributed by atoms with Crippen molar-refractivity contribution in [2.45, 2.75) is 19.3 Å². The number of benzene rings is 1. The molecule has 1 aromatic carbocycles. The minimum atomic E-state index is 0.221. The molecule has 17 heavy (non-hydrogen) atoms. The van der Waals surface area contributed by atoms with Gasteiger partial charge < -0.3 is 15.7 Å². The van der Waals surface area contributed by atoms with E-state index in [1.807, 2.05) is 0 Å². The second kappa shape index (κ2) is 9.16. The first kappa shape index (κ1) is 14.2. The molecule has 1 aromatic rings. The van der Waals surface area contributed by atoms with E-state index >= 15 is 0 Å². The minimum absolute atomic E-state index is 0.221. The Kier molecular flexibility index (Phi) is 7.63. The van der Waals surface area contributed by atoms with Gasteiger partial charge in [0.2, 0.25) is 0 Å². The van der Waals surface area contributed by atoms with Crippen LogP contribution in [-0.4, -0.2) is 37.9 Å². The van der Waals surface area contributed by atoms with Gasteiger partial charge in [0.1, 0.15) is 0 Å². The van der Waals surface area contributed by atoms with Crippen LogP contribution in [0.3, 0.4) is 0 Å². The Labute approximate surface area is 104 Å². The highest BCUT2D eigenvalue weighted by atomic mass is 16.3. The second-order valence-electron chi connectivity index (χ2n) is 4.34. The maximum absolute atomic E-state index is 8.59. The van der Waals surface area contributed by atoms with Crippen LogP contribution in [0.15, 0.2) is 30.3 Å². The molecular formula is C14H24N2O. The summed E-state index contributed by atoms with van der Waals surface area (Å²) in [6.07, 6.45) is 1.10. The fourth-order valence-corrected chi connectivity index (χ4v) is 1.76. The number of hydrogen-bond acceptors (Lipinski definition) is 3. The van der Waals surface area contributed by atoms with Gasteiger partial charge in [-0.05, 0) is 31.0 Å². The second-order valence-corrected chi connectivity index (χ2v) is 4.34. The Hall–Kier alpha value is -0.900. The number of hydrogen-bond donors (Lipinski definition) is 3. The first-order chi connectivity index (χ1) is 8.34. The lowest BCUT2D eigenvalue weighted by Crippen LogP contribution is -2.26. The summed E-state index contributed by atoms with van der Waals surface area (Å²) in [5.74, 6) is 0.557. The van der Waals surface area contributed by atoms with Crippen molar-refractivity contribution in [3.8, 4) is 0 Å². The zero-order valence-electron chi connectivity index (χ0n) is 10.7. The van der Waals surface area contributed by atoms with E-state index in [2.05, 4.69) is 47.9 Å². The molecule has 0 aliphatic rings. The molecule has 3 nitrogen and oxygen atoms in total. The molecule has 0 saturated heterocycles. The predicted molar refractivity (Wildman–Crippen MR) is 72.3 cm³/mol. The number of rotatable bonds is 9. The smallest absolute Gasteiger partial charge is 0.0555 e. The quantitative estimate of drug-likeness (QED) is 0.567. The van der Waals surface area contributed by atoms with E-state index in [4.69, 9.17) is 5.11 Å². The van der Waals surface area contributed by atoms with Gasteiger partial charge in [-0.3, -0.25) is 0 Å². The van der Waals surface area contributed by atoms with Crippen LogP contribution in [0.4, 0.5) is 0 Å². The molecule has 1 rings (SSSR count). The summed E-state index contributed by atoms with van der Waals surface area (Å²) in [5.41, 5.74) is 1.39. The van der Waals surface area contributed by atoms with Gasteiger partial charge in [-0.25, -0.2) is 0 Å². The first-order valence-corrected chi connectivity index (χ1v) is 6.42. The van der Waals surface area contributed by atoms with Crippen LogP contribution in [-0.2, 0) is 0 Å². The van der Waals surface area contributed by atoms with Crippen LogP contribution < -0.4 is 10.6 Å². The Balaban J connectivity index is 2.03. The van der Waals surface area contributed by atoms with Crippen molar-refractivity contribution in [1.82, 2.24) is 10.6 Å². The molecule has 0 aliphatic heterocycles. The van der Waals surface area contributed by atoms with Gasteiger partial charge in [0.05, 0.1) is 6.61 Å². The lowest BCUT2D eigenvalue weighted by atomic mass is 10.0. The first-order valence-electron chi connectivity index (χ1n) is 6.42. The molecule has 96 valence electrons. The van der Waals surface area contributed by atoms with E-state index in [0.717, 1.165) is 26.1 Å². The summed E-state index contributed by atoms with van der Waals surface area (Å²) in [6, 6.07) is 10.6. The van der Waals surface area contributed by atoms with Gasteiger partial charge in [0, 0.05) is 13.1 Å². The topological polar surface area (TPSA) is 44.3 Å². The monoisotopic (exact) mass is 236 g/mol. The molecular weight excluding hydrogens is 212 g/mol. The van der Waals surface area contributed by atoms with Gasteiger partial charge in [0.25, 0.3) is 0 Å². The highest BCUT2D eigenvalue weighted by Crippen LogP contribution is 2.12. The molecule has 0 aromatic heterocycles. The van der Waals surface area contributed by atoms with Gasteiger partial charge in [-0.15, -0.1) is 0 Å². The fourth-order valence-electron chi connectivity index (χ4n) is 1.76. The van der Waals surface area contributed by atoms with E-state index in [1.54, 1.807) is 0 Å². The Morgan fingerprint density at radius 2 is 1.76 bits per heavy atom. The highest BCUT2D eigenvalue weighted by Gasteiger charge is 2.03. The van der Waals surface area contributed by atoms with E-state index in [0.29, 0.717) is 12.5 Å². The Bertz CT molecular complexity index is 277. The van der Waals surface area contributed by atoms with Crippen molar-refractivity contribution in [3.05, 3.63) is 35.9 Å². The summed E-state index contributed by atoms with van der Waals surface area (Å²) < 4.78 is 0. The molecule has 0 bridgehead atoms. The highest BCUT2D eigenvalue weighted by molar-refractivity contribution is 5.18. The zero-order chi connectivity index (χ0) is 12.3. The molecule has 0 fully saturated rings. The molecule has 3 heteroatoms. The fraction of sp³-hybridized carbons (Fsp3) is 0.571. The normalized spacial score (nSPS) is 12.6. The van der Waals surface area contributed by atoms with E-state index in [1.165, 1.54) is 5.56 Å². The van der Waals surface area contributed by atoms with Crippen molar-refractivity contribution < 1.29 is 5.11 Å². The average Bonchev–Trinajstić information content (AvgIpc) is 2.38. The van der Waals surface area contributed by atoms with Gasteiger partial charge in [0.15, 0.2) is 0 Å². The van der Waals surface area contributed by atoms with Crippen molar-refractivity contribution in [2.75, 3.05) is 32.8 Å². The third kappa shape index (κ3) is 6.41. The summed E-state index contributed by atoms with van der Waals surface area (Å²) in [6.45, 7) is 6.16.